The summed E-state index contributed by atoms with van der Waals surface area (Å²) in [5, 5.41) is 3.78. The zero-order chi connectivity index (χ0) is 16.6. The predicted molar refractivity (Wildman–Crippen MR) is 86.6 cm³/mol. The largest absolute Gasteiger partial charge is 0.442 e. The summed E-state index contributed by atoms with van der Waals surface area (Å²) in [4.78, 5) is 26.5. The molecule has 0 spiro atoms. The number of amides is 1. The Morgan fingerprint density at radius 2 is 2.13 bits per heavy atom. The number of para-hydroxylation sites is 1. The van der Waals surface area contributed by atoms with E-state index < -0.39 is 5.76 Å². The number of nitrogens with zero attached hydrogens (tertiary/aromatic N) is 3. The van der Waals surface area contributed by atoms with E-state index >= 15 is 0 Å². The van der Waals surface area contributed by atoms with Crippen molar-refractivity contribution in [2.24, 2.45) is 0 Å². The fourth-order valence-electron chi connectivity index (χ4n) is 3.12. The zero-order valence-electron chi connectivity index (χ0n) is 13.7. The van der Waals surface area contributed by atoms with Crippen LogP contribution in [0.3, 0.4) is 0 Å². The second kappa shape index (κ2) is 6.02. The smallest absolute Gasteiger partial charge is 0.308 e. The maximum atomic E-state index is 12.9. The van der Waals surface area contributed by atoms with E-state index in [-0.39, 0.29) is 24.4 Å². The van der Waals surface area contributed by atoms with Gasteiger partial charge in [0, 0.05) is 17.6 Å². The molecule has 0 bridgehead atoms. The maximum Gasteiger partial charge on any atom is 0.442 e. The van der Waals surface area contributed by atoms with Crippen LogP contribution in [0, 0.1) is 0 Å². The molecule has 1 aliphatic rings. The van der Waals surface area contributed by atoms with Gasteiger partial charge in [0.25, 0.3) is 0 Å². The van der Waals surface area contributed by atoms with Gasteiger partial charge < -0.3 is 4.90 Å². The maximum absolute atomic E-state index is 12.9. The normalized spacial score (nSPS) is 17.4. The first-order valence-electron chi connectivity index (χ1n) is 7.95. The van der Waals surface area contributed by atoms with E-state index in [0.29, 0.717) is 5.82 Å². The summed E-state index contributed by atoms with van der Waals surface area (Å²) in [7, 11) is 0. The number of fused-ring (bicyclic) bond motifs is 1. The molecule has 0 radical (unpaired) electrons. The Kier molecular flexibility index (Phi) is 4.07. The second-order valence-corrected chi connectivity index (χ2v) is 6.33. The Morgan fingerprint density at radius 3 is 2.87 bits per heavy atom. The number of hydrogen-bond donors (Lipinski definition) is 0. The third-order valence-electron chi connectivity index (χ3n) is 4.32. The lowest BCUT2D eigenvalue weighted by Gasteiger charge is -2.35. The molecule has 122 valence electrons. The molecule has 6 nitrogen and oxygen atoms in total. The summed E-state index contributed by atoms with van der Waals surface area (Å²) in [6.07, 6.45) is 1.88. The first-order valence-corrected chi connectivity index (χ1v) is 7.95. The van der Waals surface area contributed by atoms with Gasteiger partial charge in [-0.15, -0.1) is 0 Å². The van der Waals surface area contributed by atoms with Crippen molar-refractivity contribution < 1.29 is 9.32 Å². The number of aromatic nitrogens is 2. The monoisotopic (exact) mass is 315 g/mol. The van der Waals surface area contributed by atoms with Crippen molar-refractivity contribution in [2.75, 3.05) is 4.90 Å². The molecule has 1 aromatic heterocycles. The lowest BCUT2D eigenvalue weighted by molar-refractivity contribution is -0.119. The molecule has 0 N–H and O–H groups in total. The van der Waals surface area contributed by atoms with E-state index in [9.17, 15) is 9.59 Å². The van der Waals surface area contributed by atoms with E-state index in [1.54, 1.807) is 4.90 Å². The summed E-state index contributed by atoms with van der Waals surface area (Å²) in [5.41, 5.74) is 2.10. The van der Waals surface area contributed by atoms with Crippen LogP contribution in [0.25, 0.3) is 0 Å². The third kappa shape index (κ3) is 2.81. The molecule has 1 aromatic carbocycles. The summed E-state index contributed by atoms with van der Waals surface area (Å²) in [5.74, 6) is -0.182. The van der Waals surface area contributed by atoms with Crippen molar-refractivity contribution in [1.29, 1.82) is 0 Å². The Hall–Kier alpha value is -2.37. The third-order valence-corrected chi connectivity index (χ3v) is 4.32. The topological polar surface area (TPSA) is 68.3 Å². The average molecular weight is 315 g/mol. The van der Waals surface area contributed by atoms with Crippen molar-refractivity contribution in [1.82, 2.24) is 9.72 Å². The highest BCUT2D eigenvalue weighted by atomic mass is 16.5. The Labute approximate surface area is 134 Å². The zero-order valence-corrected chi connectivity index (χ0v) is 13.7. The molecule has 3 rings (SSSR count). The lowest BCUT2D eigenvalue weighted by atomic mass is 9.96. The summed E-state index contributed by atoms with van der Waals surface area (Å²) >= 11 is 0. The number of carbonyl (C=O) groups is 1. The van der Waals surface area contributed by atoms with E-state index in [1.165, 1.54) is 10.1 Å². The number of hydrogen-bond acceptors (Lipinski definition) is 4. The SMILES string of the molecule is CC(C)c1noc(=O)n1CC(=O)N1c2ccccc2CCC1C. The molecule has 23 heavy (non-hydrogen) atoms. The molecule has 0 aliphatic carbocycles. The molecule has 2 aromatic rings. The highest BCUT2D eigenvalue weighted by molar-refractivity contribution is 5.95. The fraction of sp³-hybridized carbons (Fsp3) is 0.471. The van der Waals surface area contributed by atoms with Crippen LogP contribution in [0.5, 0.6) is 0 Å². The molecule has 0 saturated carbocycles. The van der Waals surface area contributed by atoms with Crippen LogP contribution in [0.2, 0.25) is 0 Å². The molecule has 1 unspecified atom stereocenters. The number of carbonyl (C=O) groups excluding carboxylic acids is 1. The highest BCUT2D eigenvalue weighted by Crippen LogP contribution is 2.30. The highest BCUT2D eigenvalue weighted by Gasteiger charge is 2.29. The van der Waals surface area contributed by atoms with E-state index in [4.69, 9.17) is 4.52 Å². The van der Waals surface area contributed by atoms with Crippen molar-refractivity contribution in [2.45, 2.75) is 52.1 Å². The fourth-order valence-corrected chi connectivity index (χ4v) is 3.12. The van der Waals surface area contributed by atoms with Crippen LogP contribution in [-0.4, -0.2) is 21.7 Å². The van der Waals surface area contributed by atoms with Crippen molar-refractivity contribution in [3.8, 4) is 0 Å². The van der Waals surface area contributed by atoms with Gasteiger partial charge in [-0.1, -0.05) is 37.2 Å². The molecule has 1 atom stereocenters. The van der Waals surface area contributed by atoms with Crippen molar-refractivity contribution >= 4 is 11.6 Å². The number of anilines is 1. The van der Waals surface area contributed by atoms with E-state index in [2.05, 4.69) is 5.16 Å². The summed E-state index contributed by atoms with van der Waals surface area (Å²) < 4.78 is 6.06. The molecule has 0 fully saturated rings. The predicted octanol–water partition coefficient (Wildman–Crippen LogP) is 2.33. The minimum Gasteiger partial charge on any atom is -0.308 e. The lowest BCUT2D eigenvalue weighted by Crippen LogP contribution is -2.44. The minimum atomic E-state index is -0.583. The molecule has 2 heterocycles. The van der Waals surface area contributed by atoms with Gasteiger partial charge in [-0.25, -0.2) is 4.79 Å². The van der Waals surface area contributed by atoms with Gasteiger partial charge >= 0.3 is 5.76 Å². The van der Waals surface area contributed by atoms with E-state index in [1.807, 2.05) is 45.0 Å². The van der Waals surface area contributed by atoms with Gasteiger partial charge in [-0.05, 0) is 31.4 Å². The molecular weight excluding hydrogens is 294 g/mol. The standard InChI is InChI=1S/C17H21N3O3/c1-11(2)16-18-23-17(22)19(16)10-15(21)20-12(3)8-9-13-6-4-5-7-14(13)20/h4-7,11-12H,8-10H2,1-3H3. The van der Waals surface area contributed by atoms with E-state index in [0.717, 1.165) is 18.5 Å². The van der Waals surface area contributed by atoms with Gasteiger partial charge in [0.05, 0.1) is 0 Å². The first kappa shape index (κ1) is 15.5. The molecule has 0 saturated heterocycles. The van der Waals surface area contributed by atoms with Gasteiger partial charge in [0.1, 0.15) is 6.54 Å². The van der Waals surface area contributed by atoms with Gasteiger partial charge in [0.15, 0.2) is 5.82 Å². The van der Waals surface area contributed by atoms with Gasteiger partial charge in [-0.2, -0.15) is 0 Å². The number of rotatable bonds is 3. The molecule has 1 aliphatic heterocycles. The van der Waals surface area contributed by atoms with Gasteiger partial charge in [-0.3, -0.25) is 13.9 Å². The molecule has 6 heteroatoms. The molecule has 1 amide bonds. The first-order chi connectivity index (χ1) is 11.0. The van der Waals surface area contributed by atoms with Crippen LogP contribution in [0.15, 0.2) is 33.6 Å². The van der Waals surface area contributed by atoms with Gasteiger partial charge in [0.2, 0.25) is 5.91 Å². The van der Waals surface area contributed by atoms with Crippen LogP contribution < -0.4 is 10.7 Å². The minimum absolute atomic E-state index is 0.0142. The summed E-state index contributed by atoms with van der Waals surface area (Å²) in [6.45, 7) is 5.82. The number of benzene rings is 1. The quantitative estimate of drug-likeness (QED) is 0.872. The molecular formula is C17H21N3O3. The van der Waals surface area contributed by atoms with Crippen LogP contribution in [0.1, 0.15) is 44.5 Å². The van der Waals surface area contributed by atoms with Crippen LogP contribution >= 0.6 is 0 Å². The van der Waals surface area contributed by atoms with Crippen LogP contribution in [-0.2, 0) is 17.8 Å². The Morgan fingerprint density at radius 1 is 1.39 bits per heavy atom. The van der Waals surface area contributed by atoms with Crippen molar-refractivity contribution in [3.05, 3.63) is 46.2 Å². The second-order valence-electron chi connectivity index (χ2n) is 6.33. The average Bonchev–Trinajstić information content (AvgIpc) is 2.88. The summed E-state index contributed by atoms with van der Waals surface area (Å²) in [6, 6.07) is 8.03. The number of aryl methyl sites for hydroxylation is 1. The van der Waals surface area contributed by atoms with Crippen LogP contribution in [0.4, 0.5) is 5.69 Å². The Bertz CT molecular complexity index is 775. The van der Waals surface area contributed by atoms with Crippen molar-refractivity contribution in [3.63, 3.8) is 0 Å². The Balaban J connectivity index is 1.93.